The molecule has 0 saturated heterocycles. The number of nitrogens with one attached hydrogen (secondary N) is 1. The molecule has 5 rings (SSSR count). The van der Waals surface area contributed by atoms with E-state index in [0.717, 1.165) is 22.9 Å². The first-order valence-corrected chi connectivity index (χ1v) is 11.5. The van der Waals surface area contributed by atoms with E-state index in [-0.39, 0.29) is 5.56 Å². The fraction of sp³-hybridized carbons (Fsp3) is 0.222. The van der Waals surface area contributed by atoms with Crippen molar-refractivity contribution in [3.05, 3.63) is 83.9 Å². The van der Waals surface area contributed by atoms with E-state index in [1.165, 1.54) is 12.1 Å². The topological polar surface area (TPSA) is 85.6 Å². The van der Waals surface area contributed by atoms with Gasteiger partial charge in [0.15, 0.2) is 5.65 Å². The number of hydrogen-bond acceptors (Lipinski definition) is 5. The van der Waals surface area contributed by atoms with Crippen molar-refractivity contribution in [3.8, 4) is 11.1 Å². The van der Waals surface area contributed by atoms with E-state index < -0.39 is 17.3 Å². The van der Waals surface area contributed by atoms with Crippen molar-refractivity contribution < 1.29 is 9.18 Å². The lowest BCUT2D eigenvalue weighted by atomic mass is 9.93. The molecule has 2 aromatic carbocycles. The number of rotatable bonds is 6. The molecule has 0 atom stereocenters. The number of carbonyl (C=O) groups excluding carboxylic acids is 1. The van der Waals surface area contributed by atoms with Crippen molar-refractivity contribution in [2.75, 3.05) is 6.54 Å². The van der Waals surface area contributed by atoms with Gasteiger partial charge in [-0.2, -0.15) is 0 Å². The van der Waals surface area contributed by atoms with Crippen LogP contribution in [0.3, 0.4) is 0 Å². The van der Waals surface area contributed by atoms with Crippen LogP contribution < -0.4 is 5.32 Å². The molecule has 1 N–H and O–H groups in total. The molecule has 0 fully saturated rings. The summed E-state index contributed by atoms with van der Waals surface area (Å²) in [4.78, 5) is 21.2. The highest BCUT2D eigenvalue weighted by atomic mass is 19.1. The molecule has 0 bridgehead atoms. The number of nitrogens with zero attached hydrogens (tertiary/aromatic N) is 5. The van der Waals surface area contributed by atoms with Gasteiger partial charge >= 0.3 is 0 Å². The van der Waals surface area contributed by atoms with Gasteiger partial charge in [-0.1, -0.05) is 30.3 Å². The highest BCUT2D eigenvalue weighted by Gasteiger charge is 2.28. The Morgan fingerprint density at radius 2 is 1.91 bits per heavy atom. The highest BCUT2D eigenvalue weighted by molar-refractivity contribution is 5.96. The molecule has 176 valence electrons. The van der Waals surface area contributed by atoms with Crippen LogP contribution in [0.25, 0.3) is 33.2 Å². The predicted molar refractivity (Wildman–Crippen MR) is 134 cm³/mol. The first kappa shape index (κ1) is 22.6. The molecule has 0 aliphatic rings. The van der Waals surface area contributed by atoms with Crippen molar-refractivity contribution >= 4 is 28.0 Å². The molecular formula is C27H25FN6O. The molecule has 0 radical (unpaired) electrons. The summed E-state index contributed by atoms with van der Waals surface area (Å²) >= 11 is 0. The standard InChI is InChI=1S/C27H25FN6O/c1-4-12-31-26(35)21-9-7-17(16-22(21)28)20-11-14-30-25-24(20)32-33-34(25)27(2,3)19-8-10-23-18(15-19)6-5-13-29-23/h5-11,13-16H,4,12H2,1-3H3,(H,31,35). The maximum atomic E-state index is 14.8. The van der Waals surface area contributed by atoms with E-state index >= 15 is 0 Å². The number of aromatic nitrogens is 5. The molecule has 0 aliphatic carbocycles. The van der Waals surface area contributed by atoms with E-state index in [1.54, 1.807) is 29.2 Å². The number of pyridine rings is 2. The molecule has 35 heavy (non-hydrogen) atoms. The zero-order valence-corrected chi connectivity index (χ0v) is 19.8. The van der Waals surface area contributed by atoms with Gasteiger partial charge in [0, 0.05) is 29.9 Å². The zero-order valence-electron chi connectivity index (χ0n) is 19.8. The summed E-state index contributed by atoms with van der Waals surface area (Å²) in [6.45, 7) is 6.55. The van der Waals surface area contributed by atoms with Gasteiger partial charge in [0.2, 0.25) is 0 Å². The fourth-order valence-corrected chi connectivity index (χ4v) is 4.22. The lowest BCUT2D eigenvalue weighted by molar-refractivity contribution is 0.0949. The molecule has 0 aliphatic heterocycles. The Kier molecular flexibility index (Phi) is 5.72. The second-order valence-corrected chi connectivity index (χ2v) is 8.95. The summed E-state index contributed by atoms with van der Waals surface area (Å²) in [5.74, 6) is -1.01. The molecule has 3 heterocycles. The van der Waals surface area contributed by atoms with E-state index in [4.69, 9.17) is 0 Å². The normalized spacial score (nSPS) is 11.8. The van der Waals surface area contributed by atoms with Crippen LogP contribution in [0, 0.1) is 5.82 Å². The first-order valence-electron chi connectivity index (χ1n) is 11.5. The Balaban J connectivity index is 1.55. The third-order valence-corrected chi connectivity index (χ3v) is 6.24. The molecule has 3 aromatic heterocycles. The SMILES string of the molecule is CCCNC(=O)c1ccc(-c2ccnc3c2nnn3C(C)(C)c2ccc3ncccc3c2)cc1F. The van der Waals surface area contributed by atoms with Crippen LogP contribution in [0.4, 0.5) is 4.39 Å². The molecular weight excluding hydrogens is 443 g/mol. The van der Waals surface area contributed by atoms with Crippen molar-refractivity contribution in [1.82, 2.24) is 30.3 Å². The quantitative estimate of drug-likeness (QED) is 0.375. The Hall–Kier alpha value is -4.20. The maximum Gasteiger partial charge on any atom is 0.254 e. The van der Waals surface area contributed by atoms with E-state index in [0.29, 0.717) is 28.8 Å². The first-order chi connectivity index (χ1) is 16.9. The van der Waals surface area contributed by atoms with Gasteiger partial charge in [-0.3, -0.25) is 9.78 Å². The maximum absolute atomic E-state index is 14.8. The second-order valence-electron chi connectivity index (χ2n) is 8.95. The van der Waals surface area contributed by atoms with Crippen LogP contribution in [0.15, 0.2) is 67.0 Å². The highest BCUT2D eigenvalue weighted by Crippen LogP contribution is 2.33. The van der Waals surface area contributed by atoms with Crippen LogP contribution in [0.2, 0.25) is 0 Å². The van der Waals surface area contributed by atoms with Gasteiger partial charge in [0.1, 0.15) is 11.3 Å². The average Bonchev–Trinajstić information content (AvgIpc) is 3.32. The Morgan fingerprint density at radius 1 is 1.06 bits per heavy atom. The van der Waals surface area contributed by atoms with Gasteiger partial charge in [-0.25, -0.2) is 14.1 Å². The second kappa shape index (κ2) is 8.87. The van der Waals surface area contributed by atoms with Crippen molar-refractivity contribution in [2.24, 2.45) is 0 Å². The Labute approximate surface area is 202 Å². The molecule has 5 aromatic rings. The Bertz CT molecular complexity index is 1560. The fourth-order valence-electron chi connectivity index (χ4n) is 4.22. The Morgan fingerprint density at radius 3 is 2.71 bits per heavy atom. The number of benzene rings is 2. The summed E-state index contributed by atoms with van der Waals surface area (Å²) in [5, 5.41) is 12.6. The van der Waals surface area contributed by atoms with Crippen molar-refractivity contribution in [2.45, 2.75) is 32.7 Å². The van der Waals surface area contributed by atoms with E-state index in [2.05, 4.69) is 45.5 Å². The zero-order chi connectivity index (χ0) is 24.6. The molecule has 0 spiro atoms. The van der Waals surface area contributed by atoms with Crippen LogP contribution >= 0.6 is 0 Å². The van der Waals surface area contributed by atoms with Crippen molar-refractivity contribution in [3.63, 3.8) is 0 Å². The smallest absolute Gasteiger partial charge is 0.254 e. The monoisotopic (exact) mass is 468 g/mol. The van der Waals surface area contributed by atoms with Crippen LogP contribution in [-0.4, -0.2) is 37.4 Å². The summed E-state index contributed by atoms with van der Waals surface area (Å²) < 4.78 is 16.6. The summed E-state index contributed by atoms with van der Waals surface area (Å²) in [6.07, 6.45) is 4.22. The number of carbonyl (C=O) groups is 1. The van der Waals surface area contributed by atoms with Crippen LogP contribution in [0.1, 0.15) is 43.1 Å². The lowest BCUT2D eigenvalue weighted by Gasteiger charge is -2.26. The van der Waals surface area contributed by atoms with E-state index in [9.17, 15) is 9.18 Å². The average molecular weight is 469 g/mol. The number of hydrogen-bond donors (Lipinski definition) is 1. The van der Waals surface area contributed by atoms with E-state index in [1.807, 2.05) is 31.2 Å². The summed E-state index contributed by atoms with van der Waals surface area (Å²) in [7, 11) is 0. The van der Waals surface area contributed by atoms with Gasteiger partial charge in [-0.05, 0) is 67.8 Å². The van der Waals surface area contributed by atoms with Crippen molar-refractivity contribution in [1.29, 1.82) is 0 Å². The van der Waals surface area contributed by atoms with Gasteiger partial charge in [0.25, 0.3) is 5.91 Å². The third-order valence-electron chi connectivity index (χ3n) is 6.24. The molecule has 0 unspecified atom stereocenters. The molecule has 0 saturated carbocycles. The van der Waals surface area contributed by atoms with Gasteiger partial charge < -0.3 is 5.32 Å². The largest absolute Gasteiger partial charge is 0.352 e. The minimum Gasteiger partial charge on any atom is -0.352 e. The summed E-state index contributed by atoms with van der Waals surface area (Å²) in [6, 6.07) is 16.4. The van der Waals surface area contributed by atoms with Crippen LogP contribution in [-0.2, 0) is 5.54 Å². The number of fused-ring (bicyclic) bond motifs is 2. The third kappa shape index (κ3) is 4.01. The van der Waals surface area contributed by atoms with Gasteiger partial charge in [0.05, 0.1) is 16.6 Å². The minimum absolute atomic E-state index is 0.0167. The molecule has 8 heteroatoms. The lowest BCUT2D eigenvalue weighted by Crippen LogP contribution is -2.29. The van der Waals surface area contributed by atoms with Gasteiger partial charge in [-0.15, -0.1) is 5.10 Å². The minimum atomic E-state index is -0.585. The molecule has 7 nitrogen and oxygen atoms in total. The molecule has 1 amide bonds. The number of halogens is 1. The summed E-state index contributed by atoms with van der Waals surface area (Å²) in [5.41, 5.74) is 3.85. The predicted octanol–water partition coefficient (Wildman–Crippen LogP) is 5.10. The van der Waals surface area contributed by atoms with Crippen LogP contribution in [0.5, 0.6) is 0 Å². The number of amides is 1.